The summed E-state index contributed by atoms with van der Waals surface area (Å²) in [6.45, 7) is 4.82. The number of rotatable bonds is 5. The van der Waals surface area contributed by atoms with Crippen LogP contribution < -0.4 is 10.9 Å². The number of nitrogens with zero attached hydrogens (tertiary/aromatic N) is 2. The molecule has 2 aromatic rings. The van der Waals surface area contributed by atoms with Crippen LogP contribution in [0.5, 0.6) is 0 Å². The number of nitrogens with one attached hydrogen (secondary N) is 1. The summed E-state index contributed by atoms with van der Waals surface area (Å²) in [4.78, 5) is 32.4. The zero-order valence-corrected chi connectivity index (χ0v) is 17.7. The Kier molecular flexibility index (Phi) is 5.60. The fourth-order valence-electron chi connectivity index (χ4n) is 4.26. The van der Waals surface area contributed by atoms with E-state index in [1.54, 1.807) is 15.9 Å². The molecule has 1 N–H and O–H groups in total. The Labute approximate surface area is 167 Å². The molecular weight excluding hydrogens is 378 g/mol. The average Bonchev–Trinajstić information content (AvgIpc) is 3.26. The molecule has 0 saturated heterocycles. The van der Waals surface area contributed by atoms with E-state index in [1.807, 2.05) is 6.92 Å². The maximum absolute atomic E-state index is 13.1. The van der Waals surface area contributed by atoms with Crippen LogP contribution in [0.15, 0.2) is 9.95 Å². The molecule has 7 heteroatoms. The number of aryl methyl sites for hydroxylation is 1. The third-order valence-electron chi connectivity index (χ3n) is 5.75. The smallest absolute Gasteiger partial charge is 0.263 e. The second-order valence-electron chi connectivity index (χ2n) is 7.81. The molecule has 1 amide bonds. The van der Waals surface area contributed by atoms with Crippen LogP contribution in [0.3, 0.4) is 0 Å². The van der Waals surface area contributed by atoms with Gasteiger partial charge in [0.1, 0.15) is 4.83 Å². The van der Waals surface area contributed by atoms with E-state index in [4.69, 9.17) is 4.98 Å². The van der Waals surface area contributed by atoms with E-state index in [1.165, 1.54) is 35.0 Å². The normalized spacial score (nSPS) is 20.1. The first-order valence-corrected chi connectivity index (χ1v) is 11.8. The van der Waals surface area contributed by atoms with Gasteiger partial charge in [-0.05, 0) is 50.5 Å². The minimum Gasteiger partial charge on any atom is -0.353 e. The molecule has 1 saturated carbocycles. The molecule has 1 fully saturated rings. The summed E-state index contributed by atoms with van der Waals surface area (Å²) < 4.78 is 1.74. The predicted octanol–water partition coefficient (Wildman–Crippen LogP) is 3.75. The maximum Gasteiger partial charge on any atom is 0.263 e. The van der Waals surface area contributed by atoms with Gasteiger partial charge in [0, 0.05) is 17.5 Å². The molecule has 146 valence electrons. The third-order valence-corrected chi connectivity index (χ3v) is 7.87. The molecule has 0 radical (unpaired) electrons. The van der Waals surface area contributed by atoms with Gasteiger partial charge in [-0.2, -0.15) is 0 Å². The number of hydrogen-bond acceptors (Lipinski definition) is 5. The van der Waals surface area contributed by atoms with Crippen LogP contribution in [0, 0.1) is 5.92 Å². The van der Waals surface area contributed by atoms with Crippen molar-refractivity contribution in [3.63, 3.8) is 0 Å². The Hall–Kier alpha value is -1.34. The summed E-state index contributed by atoms with van der Waals surface area (Å²) in [5, 5.41) is 4.60. The zero-order valence-electron chi connectivity index (χ0n) is 16.0. The first-order valence-electron chi connectivity index (χ1n) is 10.0. The van der Waals surface area contributed by atoms with Gasteiger partial charge in [0.25, 0.3) is 5.56 Å². The van der Waals surface area contributed by atoms with Crippen molar-refractivity contribution in [1.29, 1.82) is 0 Å². The van der Waals surface area contributed by atoms with E-state index in [2.05, 4.69) is 12.2 Å². The SMILES string of the molecule is CCn1c(SCC(=O)NC2CCCC2)nc2sc3c(c2c1=O)CC[C@@H](C)C3. The van der Waals surface area contributed by atoms with Crippen LogP contribution in [0.25, 0.3) is 10.2 Å². The number of thiophene rings is 1. The van der Waals surface area contributed by atoms with Gasteiger partial charge < -0.3 is 5.32 Å². The number of thioether (sulfide) groups is 1. The largest absolute Gasteiger partial charge is 0.353 e. The summed E-state index contributed by atoms with van der Waals surface area (Å²) in [5.41, 5.74) is 1.29. The molecule has 4 rings (SSSR count). The lowest BCUT2D eigenvalue weighted by molar-refractivity contribution is -0.119. The van der Waals surface area contributed by atoms with Crippen molar-refractivity contribution in [2.24, 2.45) is 5.92 Å². The van der Waals surface area contributed by atoms with Gasteiger partial charge in [-0.15, -0.1) is 11.3 Å². The van der Waals surface area contributed by atoms with E-state index < -0.39 is 0 Å². The average molecular weight is 406 g/mol. The first-order chi connectivity index (χ1) is 13.1. The van der Waals surface area contributed by atoms with Crippen LogP contribution in [0.4, 0.5) is 0 Å². The van der Waals surface area contributed by atoms with E-state index in [0.29, 0.717) is 29.4 Å². The Morgan fingerprint density at radius 2 is 2.11 bits per heavy atom. The highest BCUT2D eigenvalue weighted by Crippen LogP contribution is 2.36. The van der Waals surface area contributed by atoms with Gasteiger partial charge in [0.2, 0.25) is 5.91 Å². The third kappa shape index (κ3) is 3.81. The van der Waals surface area contributed by atoms with Gasteiger partial charge in [-0.25, -0.2) is 4.98 Å². The molecule has 2 heterocycles. The van der Waals surface area contributed by atoms with Crippen LogP contribution in [0.1, 0.15) is 56.4 Å². The summed E-state index contributed by atoms with van der Waals surface area (Å²) >= 11 is 3.06. The molecule has 0 unspecified atom stereocenters. The van der Waals surface area contributed by atoms with Crippen molar-refractivity contribution < 1.29 is 4.79 Å². The van der Waals surface area contributed by atoms with E-state index in [9.17, 15) is 9.59 Å². The van der Waals surface area contributed by atoms with Gasteiger partial charge in [-0.3, -0.25) is 14.2 Å². The van der Waals surface area contributed by atoms with Crippen LogP contribution in [-0.4, -0.2) is 27.3 Å². The molecule has 0 aliphatic heterocycles. The molecule has 2 aromatic heterocycles. The second-order valence-corrected chi connectivity index (χ2v) is 9.84. The Morgan fingerprint density at radius 1 is 1.33 bits per heavy atom. The highest BCUT2D eigenvalue weighted by Gasteiger charge is 2.25. The highest BCUT2D eigenvalue weighted by molar-refractivity contribution is 7.99. The standard InChI is InChI=1S/C20H27N3O2S2/c1-3-23-19(25)17-14-9-8-12(2)10-15(14)27-18(17)22-20(23)26-11-16(24)21-13-6-4-5-7-13/h12-13H,3-11H2,1-2H3,(H,21,24)/t12-/m1/s1. The number of carbonyl (C=O) groups is 1. The number of hydrogen-bond donors (Lipinski definition) is 1. The van der Waals surface area contributed by atoms with Gasteiger partial charge in [-0.1, -0.05) is 31.5 Å². The van der Waals surface area contributed by atoms with Crippen LogP contribution in [-0.2, 0) is 24.2 Å². The lowest BCUT2D eigenvalue weighted by atomic mass is 9.89. The van der Waals surface area contributed by atoms with Gasteiger partial charge >= 0.3 is 0 Å². The maximum atomic E-state index is 13.1. The molecular formula is C20H27N3O2S2. The van der Waals surface area contributed by atoms with Gasteiger partial charge in [0.05, 0.1) is 11.1 Å². The number of fused-ring (bicyclic) bond motifs is 3. The van der Waals surface area contributed by atoms with E-state index in [-0.39, 0.29) is 11.5 Å². The molecule has 27 heavy (non-hydrogen) atoms. The fraction of sp³-hybridized carbons (Fsp3) is 0.650. The van der Waals surface area contributed by atoms with Crippen molar-refractivity contribution in [3.05, 3.63) is 20.8 Å². The molecule has 5 nitrogen and oxygen atoms in total. The number of aromatic nitrogens is 2. The summed E-state index contributed by atoms with van der Waals surface area (Å²) in [5.74, 6) is 1.03. The highest BCUT2D eigenvalue weighted by atomic mass is 32.2. The van der Waals surface area contributed by atoms with E-state index >= 15 is 0 Å². The molecule has 0 bridgehead atoms. The molecule has 2 aliphatic carbocycles. The lowest BCUT2D eigenvalue weighted by Gasteiger charge is -2.17. The van der Waals surface area contributed by atoms with Gasteiger partial charge in [0.15, 0.2) is 5.16 Å². The summed E-state index contributed by atoms with van der Waals surface area (Å²) in [6.07, 6.45) is 7.74. The van der Waals surface area contributed by atoms with Crippen molar-refractivity contribution in [1.82, 2.24) is 14.9 Å². The minimum absolute atomic E-state index is 0.0446. The molecule has 2 aliphatic rings. The summed E-state index contributed by atoms with van der Waals surface area (Å²) in [7, 11) is 0. The molecule has 1 atom stereocenters. The lowest BCUT2D eigenvalue weighted by Crippen LogP contribution is -2.34. The number of amides is 1. The monoisotopic (exact) mass is 405 g/mol. The van der Waals surface area contributed by atoms with Crippen LogP contribution >= 0.6 is 23.1 Å². The van der Waals surface area contributed by atoms with Crippen molar-refractivity contribution in [3.8, 4) is 0 Å². The second kappa shape index (κ2) is 7.95. The zero-order chi connectivity index (χ0) is 19.0. The summed E-state index contributed by atoms with van der Waals surface area (Å²) in [6, 6.07) is 0.327. The fourth-order valence-corrected chi connectivity index (χ4v) is 6.56. The van der Waals surface area contributed by atoms with Crippen molar-refractivity contribution >= 4 is 39.2 Å². The Bertz CT molecular complexity index is 912. The van der Waals surface area contributed by atoms with Crippen LogP contribution in [0.2, 0.25) is 0 Å². The predicted molar refractivity (Wildman–Crippen MR) is 112 cm³/mol. The molecule has 0 aromatic carbocycles. The first kappa shape index (κ1) is 19.0. The number of carbonyl (C=O) groups excluding carboxylic acids is 1. The topological polar surface area (TPSA) is 64.0 Å². The van der Waals surface area contributed by atoms with Crippen molar-refractivity contribution in [2.45, 2.75) is 76.5 Å². The van der Waals surface area contributed by atoms with Crippen molar-refractivity contribution in [2.75, 3.05) is 5.75 Å². The minimum atomic E-state index is 0.0446. The quantitative estimate of drug-likeness (QED) is 0.608. The van der Waals surface area contributed by atoms with E-state index in [0.717, 1.165) is 42.3 Å². The Morgan fingerprint density at radius 3 is 2.85 bits per heavy atom. The molecule has 0 spiro atoms. The Balaban J connectivity index is 1.59.